The number of nitrogens with one attached hydrogen (secondary N) is 4. The first-order valence-corrected chi connectivity index (χ1v) is 14.9. The third kappa shape index (κ3) is 10.3. The fraction of sp³-hybridized carbons (Fsp3) is 0.105. The second-order valence-corrected chi connectivity index (χ2v) is 10.5. The number of anilines is 2. The molecular weight excluding hydrogens is 643 g/mol. The van der Waals surface area contributed by atoms with E-state index in [1.165, 1.54) is 0 Å². The van der Waals surface area contributed by atoms with Crippen LogP contribution in [0.2, 0.25) is 0 Å². The maximum atomic E-state index is 12.9. The van der Waals surface area contributed by atoms with E-state index in [9.17, 15) is 9.59 Å². The fourth-order valence-electron chi connectivity index (χ4n) is 4.79. The summed E-state index contributed by atoms with van der Waals surface area (Å²) >= 11 is 0. The van der Waals surface area contributed by atoms with Crippen LogP contribution in [0.15, 0.2) is 143 Å². The van der Waals surface area contributed by atoms with Crippen molar-refractivity contribution < 1.29 is 9.59 Å². The lowest BCUT2D eigenvalue weighted by Crippen LogP contribution is -2.24. The molecule has 0 radical (unpaired) electrons. The van der Waals surface area contributed by atoms with Gasteiger partial charge in [-0.3, -0.25) is 19.6 Å². The summed E-state index contributed by atoms with van der Waals surface area (Å²) in [4.78, 5) is 34.5. The van der Waals surface area contributed by atoms with Crippen LogP contribution < -0.4 is 21.3 Å². The summed E-state index contributed by atoms with van der Waals surface area (Å²) in [6.07, 6.45) is 0. The van der Waals surface area contributed by atoms with Gasteiger partial charge in [0.1, 0.15) is 11.7 Å². The first kappa shape index (κ1) is 37.0. The van der Waals surface area contributed by atoms with E-state index in [0.29, 0.717) is 35.6 Å². The zero-order valence-electron chi connectivity index (χ0n) is 26.6. The van der Waals surface area contributed by atoms with Gasteiger partial charge in [-0.15, -0.1) is 24.8 Å². The molecule has 10 heteroatoms. The Morgan fingerprint density at radius 1 is 0.458 bits per heavy atom. The monoisotopic (exact) mass is 680 g/mol. The maximum Gasteiger partial charge on any atom is 0.255 e. The van der Waals surface area contributed by atoms with E-state index in [1.54, 1.807) is 38.4 Å². The van der Waals surface area contributed by atoms with Crippen LogP contribution in [0.4, 0.5) is 11.4 Å². The standard InChI is InChI=1S/C38H36N6O2.2ClH/c1-39-35(41-25-27-9-5-3-6-10-27)29-17-21-33(22-18-29)43-37(45)31-13-15-32(16-14-31)38(46)44-34-23-19-30(20-24-34)36(40-2)42-26-28-11-7-4-8-12-28;;/h3-24H,25-26H2,1-2H3,(H,39,41)(H,40,42)(H,43,45)(H,44,46);2*1H. The summed E-state index contributed by atoms with van der Waals surface area (Å²) in [6.45, 7) is 1.32. The van der Waals surface area contributed by atoms with Gasteiger partial charge in [0, 0.05) is 60.8 Å². The topological polar surface area (TPSA) is 107 Å². The summed E-state index contributed by atoms with van der Waals surface area (Å²) in [5.41, 5.74) is 6.36. The molecule has 0 unspecified atom stereocenters. The Morgan fingerprint density at radius 2 is 0.771 bits per heavy atom. The number of amides is 2. The molecule has 8 nitrogen and oxygen atoms in total. The van der Waals surface area contributed by atoms with E-state index in [-0.39, 0.29) is 36.6 Å². The quantitative estimate of drug-likeness (QED) is 0.0913. The Kier molecular flexibility index (Phi) is 14.4. The minimum Gasteiger partial charge on any atom is -0.366 e. The normalized spacial score (nSPS) is 11.0. The van der Waals surface area contributed by atoms with Gasteiger partial charge in [0.2, 0.25) is 0 Å². The van der Waals surface area contributed by atoms with Gasteiger partial charge < -0.3 is 21.3 Å². The van der Waals surface area contributed by atoms with Gasteiger partial charge >= 0.3 is 0 Å². The van der Waals surface area contributed by atoms with E-state index in [2.05, 4.69) is 55.5 Å². The number of amidine groups is 2. The van der Waals surface area contributed by atoms with Crippen molar-refractivity contribution in [2.24, 2.45) is 9.98 Å². The molecule has 0 aromatic heterocycles. The van der Waals surface area contributed by atoms with Crippen molar-refractivity contribution in [1.29, 1.82) is 0 Å². The van der Waals surface area contributed by atoms with Crippen molar-refractivity contribution in [3.8, 4) is 0 Å². The molecule has 4 N–H and O–H groups in total. The number of carbonyl (C=O) groups excluding carboxylic acids is 2. The number of aliphatic imine (C=N–C) groups is 2. The van der Waals surface area contributed by atoms with Gasteiger partial charge in [0.25, 0.3) is 11.8 Å². The summed E-state index contributed by atoms with van der Waals surface area (Å²) in [7, 11) is 3.49. The third-order valence-electron chi connectivity index (χ3n) is 7.29. The Bertz CT molecular complexity index is 1680. The molecular formula is C38H38Cl2N6O2. The highest BCUT2D eigenvalue weighted by Gasteiger charge is 2.11. The molecule has 48 heavy (non-hydrogen) atoms. The lowest BCUT2D eigenvalue weighted by Gasteiger charge is -2.12. The summed E-state index contributed by atoms with van der Waals surface area (Å²) in [5, 5.41) is 12.5. The molecule has 5 rings (SSSR count). The van der Waals surface area contributed by atoms with Crippen LogP contribution in [-0.4, -0.2) is 37.6 Å². The van der Waals surface area contributed by atoms with Crippen LogP contribution in [0.25, 0.3) is 0 Å². The molecule has 0 saturated heterocycles. The van der Waals surface area contributed by atoms with Crippen molar-refractivity contribution in [1.82, 2.24) is 10.6 Å². The first-order chi connectivity index (χ1) is 22.5. The van der Waals surface area contributed by atoms with Crippen LogP contribution in [0.5, 0.6) is 0 Å². The number of carbonyl (C=O) groups is 2. The highest BCUT2D eigenvalue weighted by Crippen LogP contribution is 2.15. The molecule has 0 aliphatic heterocycles. The lowest BCUT2D eigenvalue weighted by molar-refractivity contribution is 0.101. The third-order valence-corrected chi connectivity index (χ3v) is 7.29. The number of benzene rings is 5. The molecule has 0 atom stereocenters. The van der Waals surface area contributed by atoms with Crippen molar-refractivity contribution >= 4 is 59.7 Å². The molecule has 0 bridgehead atoms. The van der Waals surface area contributed by atoms with Gasteiger partial charge in [-0.25, -0.2) is 0 Å². The predicted molar refractivity (Wildman–Crippen MR) is 201 cm³/mol. The van der Waals surface area contributed by atoms with Crippen LogP contribution in [-0.2, 0) is 13.1 Å². The van der Waals surface area contributed by atoms with Gasteiger partial charge in [-0.2, -0.15) is 0 Å². The van der Waals surface area contributed by atoms with Crippen LogP contribution in [0.1, 0.15) is 43.0 Å². The van der Waals surface area contributed by atoms with Crippen LogP contribution in [0, 0.1) is 0 Å². The Balaban J connectivity index is 0.00000312. The minimum atomic E-state index is -0.267. The molecule has 0 aliphatic rings. The average Bonchev–Trinajstić information content (AvgIpc) is 3.11. The number of nitrogens with zero attached hydrogens (tertiary/aromatic N) is 2. The fourth-order valence-corrected chi connectivity index (χ4v) is 4.79. The largest absolute Gasteiger partial charge is 0.366 e. The zero-order valence-corrected chi connectivity index (χ0v) is 28.3. The maximum absolute atomic E-state index is 12.9. The van der Waals surface area contributed by atoms with Gasteiger partial charge in [-0.1, -0.05) is 60.7 Å². The lowest BCUT2D eigenvalue weighted by atomic mass is 10.1. The smallest absolute Gasteiger partial charge is 0.255 e. The summed E-state index contributed by atoms with van der Waals surface area (Å²) in [5.74, 6) is 0.996. The Labute approximate surface area is 293 Å². The molecule has 0 heterocycles. The Hall–Kier alpha value is -5.44. The molecule has 0 spiro atoms. The highest BCUT2D eigenvalue weighted by atomic mass is 35.5. The summed E-state index contributed by atoms with van der Waals surface area (Å²) in [6, 6.07) is 41.8. The second kappa shape index (κ2) is 18.6. The Morgan fingerprint density at radius 3 is 1.08 bits per heavy atom. The molecule has 5 aromatic rings. The molecule has 2 amide bonds. The van der Waals surface area contributed by atoms with E-state index in [0.717, 1.165) is 33.9 Å². The van der Waals surface area contributed by atoms with Crippen LogP contribution in [0.3, 0.4) is 0 Å². The second-order valence-electron chi connectivity index (χ2n) is 10.5. The predicted octanol–water partition coefficient (Wildman–Crippen LogP) is 7.37. The molecule has 0 aliphatic carbocycles. The molecule has 0 fully saturated rings. The van der Waals surface area contributed by atoms with Gasteiger partial charge in [-0.05, 0) is 83.9 Å². The van der Waals surface area contributed by atoms with E-state index in [4.69, 9.17) is 0 Å². The van der Waals surface area contributed by atoms with Crippen LogP contribution >= 0.6 is 24.8 Å². The number of hydrogen-bond donors (Lipinski definition) is 4. The van der Waals surface area contributed by atoms with E-state index < -0.39 is 0 Å². The van der Waals surface area contributed by atoms with Crippen molar-refractivity contribution in [2.45, 2.75) is 13.1 Å². The molecule has 0 saturated carbocycles. The van der Waals surface area contributed by atoms with Crippen molar-refractivity contribution in [3.63, 3.8) is 0 Å². The van der Waals surface area contributed by atoms with Crippen molar-refractivity contribution in [2.75, 3.05) is 24.7 Å². The summed E-state index contributed by atoms with van der Waals surface area (Å²) < 4.78 is 0. The average molecular weight is 682 g/mol. The van der Waals surface area contributed by atoms with Gasteiger partial charge in [0.05, 0.1) is 0 Å². The first-order valence-electron chi connectivity index (χ1n) is 14.9. The zero-order chi connectivity index (χ0) is 32.1. The minimum absolute atomic E-state index is 0. The van der Waals surface area contributed by atoms with E-state index >= 15 is 0 Å². The molecule has 246 valence electrons. The SMILES string of the molecule is CN=C(NCc1ccccc1)c1ccc(NC(=O)c2ccc(C(=O)Nc3ccc(C(=NC)NCc4ccccc4)cc3)cc2)cc1.Cl.Cl. The highest BCUT2D eigenvalue weighted by molar-refractivity contribution is 6.07. The van der Waals surface area contributed by atoms with E-state index in [1.807, 2.05) is 84.9 Å². The number of rotatable bonds is 10. The van der Waals surface area contributed by atoms with Crippen molar-refractivity contribution in [3.05, 3.63) is 167 Å². The van der Waals surface area contributed by atoms with Gasteiger partial charge in [0.15, 0.2) is 0 Å². The number of hydrogen-bond acceptors (Lipinski definition) is 4. The molecule has 5 aromatic carbocycles. The number of halogens is 2.